The number of carbonyl (C=O) groups excluding carboxylic acids is 1. The largest absolute Gasteiger partial charge is 0.484 e. The normalized spacial score (nSPS) is 15.0. The number of nitrogens with zero attached hydrogens (tertiary/aromatic N) is 4. The summed E-state index contributed by atoms with van der Waals surface area (Å²) in [5.41, 5.74) is 2.46. The maximum Gasteiger partial charge on any atom is 0.257 e. The lowest BCUT2D eigenvalue weighted by molar-refractivity contribution is 0.0730. The van der Waals surface area contributed by atoms with E-state index in [4.69, 9.17) is 9.47 Å². The second-order valence-corrected chi connectivity index (χ2v) is 7.35. The summed E-state index contributed by atoms with van der Waals surface area (Å²) in [5.74, 6) is -3.48. The van der Waals surface area contributed by atoms with Gasteiger partial charge in [-0.3, -0.25) is 9.48 Å². The Bertz CT molecular complexity index is 1190. The van der Waals surface area contributed by atoms with Gasteiger partial charge in [-0.1, -0.05) is 0 Å². The number of hydrogen-bond donors (Lipinski definition) is 0. The predicted octanol–water partition coefficient (Wildman–Crippen LogP) is 2.87. The van der Waals surface area contributed by atoms with Crippen LogP contribution in [0.4, 0.5) is 13.2 Å². The molecule has 2 aliphatic rings. The SMILES string of the molecule is Cn1nc2c(c1-c1cc(F)c(F)c(F)c1)CCN(C(=O)c1cnc3c(c1)OCCO3)C2. The van der Waals surface area contributed by atoms with E-state index >= 15 is 0 Å². The molecule has 10 heteroatoms. The Hall–Kier alpha value is -3.56. The molecular formula is C21H17F3N4O3. The van der Waals surface area contributed by atoms with Gasteiger partial charge in [0.15, 0.2) is 23.2 Å². The molecular weight excluding hydrogens is 413 g/mol. The highest BCUT2D eigenvalue weighted by atomic mass is 19.2. The molecule has 0 bridgehead atoms. The van der Waals surface area contributed by atoms with Crippen LogP contribution in [0.5, 0.6) is 11.6 Å². The van der Waals surface area contributed by atoms with E-state index in [1.807, 2.05) is 0 Å². The molecule has 0 spiro atoms. The van der Waals surface area contributed by atoms with Gasteiger partial charge in [0, 0.05) is 37.0 Å². The van der Waals surface area contributed by atoms with Gasteiger partial charge in [0.1, 0.15) is 13.2 Å². The Morgan fingerprint density at radius 3 is 2.61 bits per heavy atom. The van der Waals surface area contributed by atoms with Gasteiger partial charge >= 0.3 is 0 Å². The molecule has 2 aromatic heterocycles. The van der Waals surface area contributed by atoms with Crippen LogP contribution in [-0.4, -0.2) is 45.3 Å². The third-order valence-electron chi connectivity index (χ3n) is 5.39. The average molecular weight is 430 g/mol. The van der Waals surface area contributed by atoms with Crippen LogP contribution < -0.4 is 9.47 Å². The molecule has 160 valence electrons. The minimum atomic E-state index is -1.51. The summed E-state index contributed by atoms with van der Waals surface area (Å²) in [6.45, 7) is 1.40. The second kappa shape index (κ2) is 7.29. The maximum absolute atomic E-state index is 13.7. The van der Waals surface area contributed by atoms with E-state index in [1.54, 1.807) is 18.0 Å². The Kier molecular flexibility index (Phi) is 4.57. The van der Waals surface area contributed by atoms with E-state index < -0.39 is 17.5 Å². The molecule has 0 aliphatic carbocycles. The quantitative estimate of drug-likeness (QED) is 0.585. The highest BCUT2D eigenvalue weighted by Crippen LogP contribution is 2.33. The first-order chi connectivity index (χ1) is 14.9. The first kappa shape index (κ1) is 19.4. The van der Waals surface area contributed by atoms with Gasteiger partial charge in [-0.2, -0.15) is 5.10 Å². The van der Waals surface area contributed by atoms with Gasteiger partial charge in [0.2, 0.25) is 0 Å². The molecule has 0 radical (unpaired) electrons. The smallest absolute Gasteiger partial charge is 0.257 e. The van der Waals surface area contributed by atoms with Crippen molar-refractivity contribution in [3.63, 3.8) is 0 Å². The van der Waals surface area contributed by atoms with E-state index in [9.17, 15) is 18.0 Å². The van der Waals surface area contributed by atoms with Crippen molar-refractivity contribution >= 4 is 5.91 Å². The summed E-state index contributed by atoms with van der Waals surface area (Å²) < 4.78 is 53.2. The Balaban J connectivity index is 1.43. The standard InChI is InChI=1S/C21H17F3N4O3/c1-27-19(11-6-14(22)18(24)15(23)7-11)13-2-3-28(10-16(13)26-27)21(29)12-8-17-20(25-9-12)31-5-4-30-17/h6-9H,2-5,10H2,1H3. The molecule has 1 amide bonds. The number of hydrogen-bond acceptors (Lipinski definition) is 5. The van der Waals surface area contributed by atoms with Crippen LogP contribution in [0, 0.1) is 17.5 Å². The number of aryl methyl sites for hydroxylation is 1. The molecule has 0 saturated heterocycles. The fourth-order valence-electron chi connectivity index (χ4n) is 3.98. The zero-order valence-corrected chi connectivity index (χ0v) is 16.5. The molecule has 0 fully saturated rings. The fraction of sp³-hybridized carbons (Fsp3) is 0.286. The van der Waals surface area contributed by atoms with Crippen molar-refractivity contribution < 1.29 is 27.4 Å². The van der Waals surface area contributed by atoms with Crippen molar-refractivity contribution in [2.75, 3.05) is 19.8 Å². The summed E-state index contributed by atoms with van der Waals surface area (Å²) in [7, 11) is 1.64. The number of halogens is 3. The predicted molar refractivity (Wildman–Crippen MR) is 102 cm³/mol. The van der Waals surface area contributed by atoms with Gasteiger partial charge in [0.25, 0.3) is 11.8 Å². The van der Waals surface area contributed by atoms with Crippen molar-refractivity contribution in [1.82, 2.24) is 19.7 Å². The lowest BCUT2D eigenvalue weighted by Gasteiger charge is -2.27. The van der Waals surface area contributed by atoms with Crippen molar-refractivity contribution in [1.29, 1.82) is 0 Å². The molecule has 3 aromatic rings. The molecule has 0 saturated carbocycles. The highest BCUT2D eigenvalue weighted by molar-refractivity contribution is 5.94. The van der Waals surface area contributed by atoms with Crippen LogP contribution in [0.15, 0.2) is 24.4 Å². The van der Waals surface area contributed by atoms with Gasteiger partial charge in [-0.15, -0.1) is 0 Å². The monoisotopic (exact) mass is 430 g/mol. The van der Waals surface area contributed by atoms with E-state index in [0.717, 1.165) is 17.7 Å². The number of pyridine rings is 1. The van der Waals surface area contributed by atoms with Crippen LogP contribution in [0.1, 0.15) is 21.6 Å². The third kappa shape index (κ3) is 3.28. The number of aromatic nitrogens is 3. The Morgan fingerprint density at radius 2 is 1.84 bits per heavy atom. The van der Waals surface area contributed by atoms with Crippen molar-refractivity contribution in [2.45, 2.75) is 13.0 Å². The number of carbonyl (C=O) groups is 1. The third-order valence-corrected chi connectivity index (χ3v) is 5.39. The van der Waals surface area contributed by atoms with Crippen molar-refractivity contribution in [3.05, 3.63) is 58.7 Å². The molecule has 31 heavy (non-hydrogen) atoms. The van der Waals surface area contributed by atoms with Crippen LogP contribution in [0.25, 0.3) is 11.3 Å². The summed E-state index contributed by atoms with van der Waals surface area (Å²) in [6.07, 6.45) is 1.88. The van der Waals surface area contributed by atoms with E-state index in [0.29, 0.717) is 54.8 Å². The molecule has 5 rings (SSSR count). The van der Waals surface area contributed by atoms with E-state index in [1.165, 1.54) is 10.9 Å². The van der Waals surface area contributed by atoms with E-state index in [-0.39, 0.29) is 18.0 Å². The summed E-state index contributed by atoms with van der Waals surface area (Å²) >= 11 is 0. The zero-order chi connectivity index (χ0) is 21.7. The summed E-state index contributed by atoms with van der Waals surface area (Å²) in [6, 6.07) is 3.51. The number of fused-ring (bicyclic) bond motifs is 2. The number of amides is 1. The van der Waals surface area contributed by atoms with E-state index in [2.05, 4.69) is 10.1 Å². The van der Waals surface area contributed by atoms with Gasteiger partial charge in [-0.25, -0.2) is 18.2 Å². The van der Waals surface area contributed by atoms with Crippen LogP contribution in [0.3, 0.4) is 0 Å². The van der Waals surface area contributed by atoms with Gasteiger partial charge in [0.05, 0.1) is 23.5 Å². The highest BCUT2D eigenvalue weighted by Gasteiger charge is 2.29. The number of benzene rings is 1. The molecule has 2 aliphatic heterocycles. The fourth-order valence-corrected chi connectivity index (χ4v) is 3.98. The zero-order valence-electron chi connectivity index (χ0n) is 16.5. The average Bonchev–Trinajstić information content (AvgIpc) is 3.11. The summed E-state index contributed by atoms with van der Waals surface area (Å²) in [4.78, 5) is 18.8. The van der Waals surface area contributed by atoms with Crippen LogP contribution in [0.2, 0.25) is 0 Å². The lowest BCUT2D eigenvalue weighted by Crippen LogP contribution is -2.36. The summed E-state index contributed by atoms with van der Waals surface area (Å²) in [5, 5.41) is 4.43. The number of rotatable bonds is 2. The van der Waals surface area contributed by atoms with Gasteiger partial charge in [-0.05, 0) is 18.6 Å². The molecule has 4 heterocycles. The maximum atomic E-state index is 13.7. The molecule has 0 N–H and O–H groups in total. The molecule has 7 nitrogen and oxygen atoms in total. The first-order valence-electron chi connectivity index (χ1n) is 9.67. The molecule has 1 aromatic carbocycles. The van der Waals surface area contributed by atoms with Crippen LogP contribution in [-0.2, 0) is 20.0 Å². The van der Waals surface area contributed by atoms with Gasteiger partial charge < -0.3 is 14.4 Å². The van der Waals surface area contributed by atoms with Crippen LogP contribution >= 0.6 is 0 Å². The molecule has 0 atom stereocenters. The topological polar surface area (TPSA) is 69.5 Å². The Morgan fingerprint density at radius 1 is 1.10 bits per heavy atom. The second-order valence-electron chi connectivity index (χ2n) is 7.35. The minimum Gasteiger partial charge on any atom is -0.484 e. The number of ether oxygens (including phenoxy) is 2. The Labute approximate surface area is 175 Å². The minimum absolute atomic E-state index is 0.198. The lowest BCUT2D eigenvalue weighted by atomic mass is 9.99. The van der Waals surface area contributed by atoms with Crippen molar-refractivity contribution in [3.8, 4) is 22.9 Å². The first-order valence-corrected chi connectivity index (χ1v) is 9.67. The van der Waals surface area contributed by atoms with Crippen molar-refractivity contribution in [2.24, 2.45) is 7.05 Å². The molecule has 0 unspecified atom stereocenters.